The SMILES string of the molecule is Cc1cc(/C=C2\SC(=O)N(Cc3ccc(Br)cc3)C2=O)c(C)n1-c1ccc(C2CCCCC2)cc1. The van der Waals surface area contributed by atoms with Crippen molar-refractivity contribution in [3.63, 3.8) is 0 Å². The first-order chi connectivity index (χ1) is 16.9. The molecule has 0 bridgehead atoms. The third kappa shape index (κ3) is 5.05. The van der Waals surface area contributed by atoms with Gasteiger partial charge >= 0.3 is 0 Å². The van der Waals surface area contributed by atoms with Gasteiger partial charge in [-0.2, -0.15) is 0 Å². The fraction of sp³-hybridized carbons (Fsp3) is 0.310. The van der Waals surface area contributed by atoms with Crippen molar-refractivity contribution in [3.8, 4) is 5.69 Å². The van der Waals surface area contributed by atoms with E-state index in [2.05, 4.69) is 64.7 Å². The Balaban J connectivity index is 1.36. The third-order valence-electron chi connectivity index (χ3n) is 7.11. The number of imide groups is 1. The van der Waals surface area contributed by atoms with Crippen LogP contribution >= 0.6 is 27.7 Å². The quantitative estimate of drug-likeness (QED) is 0.302. The molecule has 0 N–H and O–H groups in total. The van der Waals surface area contributed by atoms with E-state index in [-0.39, 0.29) is 17.7 Å². The second kappa shape index (κ2) is 10.2. The summed E-state index contributed by atoms with van der Waals surface area (Å²) in [5.74, 6) is 0.456. The number of aromatic nitrogens is 1. The predicted molar refractivity (Wildman–Crippen MR) is 147 cm³/mol. The summed E-state index contributed by atoms with van der Waals surface area (Å²) in [7, 11) is 0. The highest BCUT2D eigenvalue weighted by molar-refractivity contribution is 9.10. The fourth-order valence-corrected chi connectivity index (χ4v) is 6.31. The topological polar surface area (TPSA) is 42.3 Å². The van der Waals surface area contributed by atoms with Crippen molar-refractivity contribution in [2.45, 2.75) is 58.4 Å². The number of aryl methyl sites for hydroxylation is 1. The highest BCUT2D eigenvalue weighted by Crippen LogP contribution is 2.36. The van der Waals surface area contributed by atoms with E-state index >= 15 is 0 Å². The molecule has 1 saturated carbocycles. The van der Waals surface area contributed by atoms with Crippen LogP contribution in [0.5, 0.6) is 0 Å². The number of thioether (sulfide) groups is 1. The molecule has 6 heteroatoms. The first-order valence-corrected chi connectivity index (χ1v) is 13.8. The predicted octanol–water partition coefficient (Wildman–Crippen LogP) is 8.14. The molecule has 1 aliphatic carbocycles. The van der Waals surface area contributed by atoms with Gasteiger partial charge in [0.25, 0.3) is 11.1 Å². The van der Waals surface area contributed by atoms with Gasteiger partial charge in [0, 0.05) is 21.5 Å². The molecule has 2 aliphatic rings. The lowest BCUT2D eigenvalue weighted by Gasteiger charge is -2.22. The maximum absolute atomic E-state index is 13.1. The van der Waals surface area contributed by atoms with E-state index in [0.29, 0.717) is 10.8 Å². The number of amides is 2. The number of carbonyl (C=O) groups excluding carboxylic acids is 2. The maximum Gasteiger partial charge on any atom is 0.293 e. The van der Waals surface area contributed by atoms with Crippen LogP contribution in [0, 0.1) is 13.8 Å². The van der Waals surface area contributed by atoms with Crippen LogP contribution in [0.2, 0.25) is 0 Å². The van der Waals surface area contributed by atoms with E-state index in [4.69, 9.17) is 0 Å². The van der Waals surface area contributed by atoms with Gasteiger partial charge in [-0.25, -0.2) is 0 Å². The van der Waals surface area contributed by atoms with Crippen LogP contribution in [-0.2, 0) is 11.3 Å². The summed E-state index contributed by atoms with van der Waals surface area (Å²) >= 11 is 4.44. The van der Waals surface area contributed by atoms with Crippen LogP contribution in [-0.4, -0.2) is 20.6 Å². The summed E-state index contributed by atoms with van der Waals surface area (Å²) in [6.45, 7) is 4.43. The lowest BCUT2D eigenvalue weighted by Crippen LogP contribution is -2.27. The van der Waals surface area contributed by atoms with Crippen LogP contribution in [0.15, 0.2) is 64.0 Å². The average molecular weight is 550 g/mol. The Labute approximate surface area is 219 Å². The molecule has 0 radical (unpaired) electrons. The summed E-state index contributed by atoms with van der Waals surface area (Å²) in [6.07, 6.45) is 8.48. The van der Waals surface area contributed by atoms with Crippen molar-refractivity contribution in [3.05, 3.63) is 92.1 Å². The molecule has 180 valence electrons. The lowest BCUT2D eigenvalue weighted by atomic mass is 9.84. The minimum Gasteiger partial charge on any atom is -0.318 e. The molecular formula is C29H29BrN2O2S. The highest BCUT2D eigenvalue weighted by atomic mass is 79.9. The van der Waals surface area contributed by atoms with Gasteiger partial charge < -0.3 is 4.57 Å². The Morgan fingerprint density at radius 2 is 1.66 bits per heavy atom. The van der Waals surface area contributed by atoms with Gasteiger partial charge in [0.05, 0.1) is 11.4 Å². The van der Waals surface area contributed by atoms with Gasteiger partial charge in [-0.05, 0) is 97.5 Å². The smallest absolute Gasteiger partial charge is 0.293 e. The number of nitrogens with zero attached hydrogens (tertiary/aromatic N) is 2. The van der Waals surface area contributed by atoms with E-state index in [1.807, 2.05) is 30.3 Å². The third-order valence-corrected chi connectivity index (χ3v) is 8.55. The van der Waals surface area contributed by atoms with Gasteiger partial charge in [-0.1, -0.05) is 59.5 Å². The number of hydrogen-bond donors (Lipinski definition) is 0. The van der Waals surface area contributed by atoms with Crippen molar-refractivity contribution in [2.24, 2.45) is 0 Å². The second-order valence-electron chi connectivity index (χ2n) is 9.48. The molecule has 35 heavy (non-hydrogen) atoms. The number of carbonyl (C=O) groups is 2. The maximum atomic E-state index is 13.1. The Hall–Kier alpha value is -2.57. The number of benzene rings is 2. The van der Waals surface area contributed by atoms with Gasteiger partial charge in [-0.15, -0.1) is 0 Å². The van der Waals surface area contributed by atoms with Crippen LogP contribution in [0.1, 0.15) is 66.1 Å². The zero-order chi connectivity index (χ0) is 24.5. The first-order valence-electron chi connectivity index (χ1n) is 12.2. The molecule has 2 aromatic carbocycles. The summed E-state index contributed by atoms with van der Waals surface area (Å²) in [5, 5.41) is -0.226. The summed E-state index contributed by atoms with van der Waals surface area (Å²) in [4.78, 5) is 27.5. The van der Waals surface area contributed by atoms with Crippen LogP contribution in [0.4, 0.5) is 4.79 Å². The van der Waals surface area contributed by atoms with Crippen LogP contribution in [0.25, 0.3) is 11.8 Å². The van der Waals surface area contributed by atoms with Crippen LogP contribution < -0.4 is 0 Å². The van der Waals surface area contributed by atoms with E-state index < -0.39 is 0 Å². The van der Waals surface area contributed by atoms with Crippen molar-refractivity contribution in [1.82, 2.24) is 9.47 Å². The second-order valence-corrected chi connectivity index (χ2v) is 11.4. The van der Waals surface area contributed by atoms with Crippen LogP contribution in [0.3, 0.4) is 0 Å². The Kier molecular flexibility index (Phi) is 7.03. The van der Waals surface area contributed by atoms with E-state index in [1.54, 1.807) is 0 Å². The highest BCUT2D eigenvalue weighted by Gasteiger charge is 2.35. The average Bonchev–Trinajstić information content (AvgIpc) is 3.30. The lowest BCUT2D eigenvalue weighted by molar-refractivity contribution is -0.123. The molecule has 1 aromatic heterocycles. The Bertz CT molecular complexity index is 1290. The van der Waals surface area contributed by atoms with E-state index in [1.165, 1.54) is 42.6 Å². The van der Waals surface area contributed by atoms with Gasteiger partial charge in [0.2, 0.25) is 0 Å². The van der Waals surface area contributed by atoms with Crippen molar-refractivity contribution in [1.29, 1.82) is 0 Å². The molecule has 5 rings (SSSR count). The summed E-state index contributed by atoms with van der Waals surface area (Å²) in [6, 6.07) is 18.7. The number of halogens is 1. The minimum absolute atomic E-state index is 0.226. The monoisotopic (exact) mass is 548 g/mol. The molecule has 2 amide bonds. The van der Waals surface area contributed by atoms with Gasteiger partial charge in [0.15, 0.2) is 0 Å². The summed E-state index contributed by atoms with van der Waals surface area (Å²) < 4.78 is 3.19. The molecule has 3 aromatic rings. The molecule has 0 unspecified atom stereocenters. The molecule has 0 spiro atoms. The normalized spacial score (nSPS) is 18.1. The summed E-state index contributed by atoms with van der Waals surface area (Å²) in [5.41, 5.74) is 6.62. The number of hydrogen-bond acceptors (Lipinski definition) is 3. The van der Waals surface area contributed by atoms with Gasteiger partial charge in [0.1, 0.15) is 0 Å². The molecular weight excluding hydrogens is 520 g/mol. The number of rotatable bonds is 5. The molecule has 0 atom stereocenters. The minimum atomic E-state index is -0.232. The molecule has 2 fully saturated rings. The first kappa shape index (κ1) is 24.1. The van der Waals surface area contributed by atoms with Crippen molar-refractivity contribution < 1.29 is 9.59 Å². The standard InChI is InChI=1S/C29H29BrN2O2S/c1-19-16-24(17-27-28(33)31(29(34)35-27)18-21-8-12-25(30)13-9-21)20(2)32(19)26-14-10-23(11-15-26)22-6-4-3-5-7-22/h8-17,22H,3-7,18H2,1-2H3/b27-17-. The van der Waals surface area contributed by atoms with Crippen molar-refractivity contribution in [2.75, 3.05) is 0 Å². The molecule has 4 nitrogen and oxygen atoms in total. The zero-order valence-corrected chi connectivity index (χ0v) is 22.5. The largest absolute Gasteiger partial charge is 0.318 e. The molecule has 1 aliphatic heterocycles. The Morgan fingerprint density at radius 3 is 2.34 bits per heavy atom. The van der Waals surface area contributed by atoms with Crippen molar-refractivity contribution >= 4 is 44.9 Å². The zero-order valence-electron chi connectivity index (χ0n) is 20.1. The van der Waals surface area contributed by atoms with E-state index in [9.17, 15) is 9.59 Å². The fourth-order valence-electron chi connectivity index (χ4n) is 5.21. The molecule has 1 saturated heterocycles. The molecule has 2 heterocycles. The van der Waals surface area contributed by atoms with Gasteiger partial charge in [-0.3, -0.25) is 14.5 Å². The Morgan fingerprint density at radius 1 is 0.971 bits per heavy atom. The van der Waals surface area contributed by atoms with E-state index in [0.717, 1.165) is 44.4 Å².